The standard InChI is InChI=1S/C23H28N8O/c1-15(23(32)30-7-5-19(25)6-8-30)27-12-18(11-24)17-10-22-28-14-21(31(22)29-13-17)16-3-2-4-20(26)9-16/h2-4,9-15,19,24,27H,5-8,25-26H2,1H3/b18-12+,24-11?. The van der Waals surface area contributed by atoms with Crippen molar-refractivity contribution in [3.05, 3.63) is 54.5 Å². The molecule has 0 bridgehead atoms. The molecule has 3 heterocycles. The van der Waals surface area contributed by atoms with E-state index in [2.05, 4.69) is 15.4 Å². The number of anilines is 1. The average molecular weight is 433 g/mol. The van der Waals surface area contributed by atoms with Crippen LogP contribution in [0.1, 0.15) is 25.3 Å². The Morgan fingerprint density at radius 2 is 2.06 bits per heavy atom. The minimum atomic E-state index is -0.405. The third kappa shape index (κ3) is 4.47. The van der Waals surface area contributed by atoms with Gasteiger partial charge in [0.05, 0.1) is 18.1 Å². The Balaban J connectivity index is 1.51. The minimum absolute atomic E-state index is 0.0334. The maximum atomic E-state index is 12.7. The molecule has 6 N–H and O–H groups in total. The number of likely N-dealkylation sites (tertiary alicyclic amines) is 1. The summed E-state index contributed by atoms with van der Waals surface area (Å²) >= 11 is 0. The molecular formula is C23H28N8O. The van der Waals surface area contributed by atoms with Gasteiger partial charge in [0.25, 0.3) is 0 Å². The molecule has 1 aliphatic rings. The number of carbonyl (C=O) groups excluding carboxylic acids is 1. The van der Waals surface area contributed by atoms with Crippen LogP contribution in [0.3, 0.4) is 0 Å². The van der Waals surface area contributed by atoms with Gasteiger partial charge in [-0.2, -0.15) is 5.10 Å². The SMILES string of the molecule is CC(N/C=C(\C=N)c1cnn2c(-c3cccc(N)c3)cnc2c1)C(=O)N1CCC(N)CC1. The van der Waals surface area contributed by atoms with Crippen molar-refractivity contribution in [3.8, 4) is 11.3 Å². The number of benzene rings is 1. The topological polar surface area (TPSA) is 138 Å². The monoisotopic (exact) mass is 432 g/mol. The lowest BCUT2D eigenvalue weighted by Crippen LogP contribution is -2.48. The number of nitrogens with two attached hydrogens (primary N) is 2. The van der Waals surface area contributed by atoms with Crippen LogP contribution in [-0.4, -0.2) is 56.8 Å². The molecule has 2 aromatic heterocycles. The molecule has 0 spiro atoms. The van der Waals surface area contributed by atoms with Crippen molar-refractivity contribution in [2.24, 2.45) is 5.73 Å². The van der Waals surface area contributed by atoms with E-state index in [4.69, 9.17) is 16.9 Å². The third-order valence-corrected chi connectivity index (χ3v) is 5.74. The van der Waals surface area contributed by atoms with Gasteiger partial charge in [-0.15, -0.1) is 0 Å². The van der Waals surface area contributed by atoms with Crippen molar-refractivity contribution >= 4 is 29.0 Å². The Bertz CT molecular complexity index is 1160. The quantitative estimate of drug-likeness (QED) is 0.347. The van der Waals surface area contributed by atoms with Gasteiger partial charge in [-0.25, -0.2) is 9.50 Å². The molecule has 0 radical (unpaired) electrons. The first-order valence-corrected chi connectivity index (χ1v) is 10.7. The fraction of sp³-hybridized carbons (Fsp3) is 0.304. The number of rotatable bonds is 6. The Kier molecular flexibility index (Phi) is 6.18. The number of allylic oxidation sites excluding steroid dienone is 1. The van der Waals surface area contributed by atoms with Crippen LogP contribution in [0, 0.1) is 5.41 Å². The van der Waals surface area contributed by atoms with Crippen molar-refractivity contribution in [2.45, 2.75) is 31.8 Å². The van der Waals surface area contributed by atoms with Gasteiger partial charge < -0.3 is 27.1 Å². The molecule has 1 fully saturated rings. The summed E-state index contributed by atoms with van der Waals surface area (Å²) in [6.45, 7) is 3.19. The van der Waals surface area contributed by atoms with Crippen molar-refractivity contribution in [1.29, 1.82) is 5.41 Å². The Hall–Kier alpha value is -3.72. The van der Waals surface area contributed by atoms with Gasteiger partial charge in [0, 0.05) is 53.9 Å². The molecule has 1 amide bonds. The van der Waals surface area contributed by atoms with Crippen LogP contribution in [-0.2, 0) is 4.79 Å². The smallest absolute Gasteiger partial charge is 0.244 e. The number of nitrogen functional groups attached to an aromatic ring is 1. The molecule has 9 heteroatoms. The van der Waals surface area contributed by atoms with E-state index in [9.17, 15) is 4.79 Å². The first kappa shape index (κ1) is 21.5. The summed E-state index contributed by atoms with van der Waals surface area (Å²) in [4.78, 5) is 19.0. The van der Waals surface area contributed by atoms with Crippen LogP contribution in [0.5, 0.6) is 0 Å². The first-order valence-electron chi connectivity index (χ1n) is 10.7. The van der Waals surface area contributed by atoms with E-state index in [0.29, 0.717) is 30.0 Å². The van der Waals surface area contributed by atoms with Crippen molar-refractivity contribution in [2.75, 3.05) is 18.8 Å². The number of aromatic nitrogens is 3. The molecule has 166 valence electrons. The number of hydrogen-bond donors (Lipinski definition) is 4. The van der Waals surface area contributed by atoms with Crippen LogP contribution < -0.4 is 16.8 Å². The second-order valence-corrected chi connectivity index (χ2v) is 8.08. The molecule has 1 aliphatic heterocycles. The predicted molar refractivity (Wildman–Crippen MR) is 126 cm³/mol. The second kappa shape index (κ2) is 9.19. The lowest BCUT2D eigenvalue weighted by molar-refractivity contribution is -0.133. The van der Waals surface area contributed by atoms with Crippen LogP contribution in [0.4, 0.5) is 5.69 Å². The lowest BCUT2D eigenvalue weighted by atomic mass is 10.1. The number of piperidine rings is 1. The Morgan fingerprint density at radius 1 is 1.28 bits per heavy atom. The largest absolute Gasteiger partial charge is 0.399 e. The zero-order valence-electron chi connectivity index (χ0n) is 18.0. The summed E-state index contributed by atoms with van der Waals surface area (Å²) in [5, 5.41) is 15.5. The molecular weight excluding hydrogens is 404 g/mol. The van der Waals surface area contributed by atoms with E-state index < -0.39 is 6.04 Å². The molecule has 0 aliphatic carbocycles. The van der Waals surface area contributed by atoms with Crippen LogP contribution in [0.25, 0.3) is 22.5 Å². The molecule has 3 aromatic rings. The summed E-state index contributed by atoms with van der Waals surface area (Å²) in [6, 6.07) is 9.18. The number of imidazole rings is 1. The molecule has 1 unspecified atom stereocenters. The molecule has 0 saturated carbocycles. The zero-order chi connectivity index (χ0) is 22.7. The molecule has 1 saturated heterocycles. The maximum Gasteiger partial charge on any atom is 0.244 e. The van der Waals surface area contributed by atoms with Crippen LogP contribution >= 0.6 is 0 Å². The number of nitrogens with zero attached hydrogens (tertiary/aromatic N) is 4. The van der Waals surface area contributed by atoms with E-state index in [-0.39, 0.29) is 11.9 Å². The summed E-state index contributed by atoms with van der Waals surface area (Å²) < 4.78 is 1.74. The zero-order valence-corrected chi connectivity index (χ0v) is 18.0. The molecule has 32 heavy (non-hydrogen) atoms. The van der Waals surface area contributed by atoms with Gasteiger partial charge in [0.2, 0.25) is 5.91 Å². The van der Waals surface area contributed by atoms with E-state index in [1.54, 1.807) is 23.1 Å². The van der Waals surface area contributed by atoms with Crippen molar-refractivity contribution in [1.82, 2.24) is 24.8 Å². The predicted octanol–water partition coefficient (Wildman–Crippen LogP) is 1.90. The third-order valence-electron chi connectivity index (χ3n) is 5.74. The average Bonchev–Trinajstić information content (AvgIpc) is 3.23. The summed E-state index contributed by atoms with van der Waals surface area (Å²) in [6.07, 6.45) is 8.00. The maximum absolute atomic E-state index is 12.7. The second-order valence-electron chi connectivity index (χ2n) is 8.08. The molecule has 4 rings (SSSR count). The summed E-state index contributed by atoms with van der Waals surface area (Å²) in [5.74, 6) is 0.0334. The highest BCUT2D eigenvalue weighted by molar-refractivity contribution is 6.08. The highest BCUT2D eigenvalue weighted by Gasteiger charge is 2.24. The van der Waals surface area contributed by atoms with E-state index in [0.717, 1.165) is 29.7 Å². The lowest BCUT2D eigenvalue weighted by Gasteiger charge is -2.32. The number of hydrogen-bond acceptors (Lipinski definition) is 7. The van der Waals surface area contributed by atoms with Gasteiger partial charge in [0.1, 0.15) is 6.04 Å². The van der Waals surface area contributed by atoms with Gasteiger partial charge >= 0.3 is 0 Å². The van der Waals surface area contributed by atoms with Crippen LogP contribution in [0.15, 0.2) is 48.9 Å². The van der Waals surface area contributed by atoms with Crippen molar-refractivity contribution in [3.63, 3.8) is 0 Å². The molecule has 1 atom stereocenters. The highest BCUT2D eigenvalue weighted by Crippen LogP contribution is 2.23. The van der Waals surface area contributed by atoms with Gasteiger partial charge in [0.15, 0.2) is 5.65 Å². The number of nitrogens with one attached hydrogen (secondary N) is 2. The fourth-order valence-electron chi connectivity index (χ4n) is 3.82. The highest BCUT2D eigenvalue weighted by atomic mass is 16.2. The Morgan fingerprint density at radius 3 is 2.78 bits per heavy atom. The van der Waals surface area contributed by atoms with E-state index in [1.165, 1.54) is 6.21 Å². The van der Waals surface area contributed by atoms with Crippen LogP contribution in [0.2, 0.25) is 0 Å². The normalized spacial score (nSPS) is 16.2. The number of carbonyl (C=O) groups is 1. The Labute approximate surface area is 186 Å². The molecule has 1 aromatic carbocycles. The summed E-state index contributed by atoms with van der Waals surface area (Å²) in [7, 11) is 0. The first-order chi connectivity index (χ1) is 15.5. The fourth-order valence-corrected chi connectivity index (χ4v) is 3.82. The van der Waals surface area contributed by atoms with Gasteiger partial charge in [-0.3, -0.25) is 4.79 Å². The van der Waals surface area contributed by atoms with E-state index in [1.807, 2.05) is 42.2 Å². The summed E-state index contributed by atoms with van der Waals surface area (Å²) in [5.41, 5.74) is 16.2. The van der Waals surface area contributed by atoms with Gasteiger partial charge in [-0.1, -0.05) is 12.1 Å². The van der Waals surface area contributed by atoms with Crippen molar-refractivity contribution < 1.29 is 4.79 Å². The number of fused-ring (bicyclic) bond motifs is 1. The van der Waals surface area contributed by atoms with Gasteiger partial charge in [-0.05, 0) is 38.0 Å². The molecule has 9 nitrogen and oxygen atoms in total. The van der Waals surface area contributed by atoms with E-state index >= 15 is 0 Å². The number of amides is 1. The minimum Gasteiger partial charge on any atom is -0.399 e.